The molecule has 2 heterocycles. The standard InChI is InChI=1S/C17H27N3O3/c1-11-8-12(9-18)10-20(11)15(21)6-7-19-16(22)13-4-2-3-5-14(13)17(19)23/h11-14H,2-10,18H2,1H3. The zero-order valence-corrected chi connectivity index (χ0v) is 13.9. The average Bonchev–Trinajstić information content (AvgIpc) is 3.05. The zero-order chi connectivity index (χ0) is 16.6. The van der Waals surface area contributed by atoms with E-state index >= 15 is 0 Å². The molecule has 0 radical (unpaired) electrons. The fourth-order valence-corrected chi connectivity index (χ4v) is 4.46. The first-order valence-electron chi connectivity index (χ1n) is 8.87. The molecule has 6 nitrogen and oxygen atoms in total. The molecule has 1 aliphatic carbocycles. The quantitative estimate of drug-likeness (QED) is 0.774. The summed E-state index contributed by atoms with van der Waals surface area (Å²) in [6.45, 7) is 3.57. The Bertz CT molecular complexity index is 483. The van der Waals surface area contributed by atoms with Crippen molar-refractivity contribution in [3.05, 3.63) is 0 Å². The molecule has 128 valence electrons. The van der Waals surface area contributed by atoms with Gasteiger partial charge in [-0.25, -0.2) is 0 Å². The predicted molar refractivity (Wildman–Crippen MR) is 85.1 cm³/mol. The first-order valence-corrected chi connectivity index (χ1v) is 8.87. The van der Waals surface area contributed by atoms with E-state index in [1.807, 2.05) is 11.8 Å². The van der Waals surface area contributed by atoms with Crippen molar-refractivity contribution >= 4 is 17.7 Å². The van der Waals surface area contributed by atoms with E-state index in [-0.39, 0.29) is 48.6 Å². The Morgan fingerprint density at radius 3 is 2.30 bits per heavy atom. The van der Waals surface area contributed by atoms with E-state index in [0.717, 1.165) is 32.1 Å². The molecule has 4 atom stereocenters. The first-order chi connectivity index (χ1) is 11.0. The summed E-state index contributed by atoms with van der Waals surface area (Å²) in [6.07, 6.45) is 4.87. The molecule has 2 N–H and O–H groups in total. The molecule has 23 heavy (non-hydrogen) atoms. The smallest absolute Gasteiger partial charge is 0.233 e. The lowest BCUT2D eigenvalue weighted by Crippen LogP contribution is -2.39. The van der Waals surface area contributed by atoms with E-state index in [2.05, 4.69) is 0 Å². The molecule has 0 spiro atoms. The van der Waals surface area contributed by atoms with Crippen LogP contribution in [-0.4, -0.2) is 53.2 Å². The van der Waals surface area contributed by atoms with Crippen molar-refractivity contribution < 1.29 is 14.4 Å². The Hall–Kier alpha value is -1.43. The summed E-state index contributed by atoms with van der Waals surface area (Å²) in [5.41, 5.74) is 5.70. The van der Waals surface area contributed by atoms with Gasteiger partial charge >= 0.3 is 0 Å². The largest absolute Gasteiger partial charge is 0.340 e. The van der Waals surface area contributed by atoms with Crippen LogP contribution in [0.15, 0.2) is 0 Å². The van der Waals surface area contributed by atoms with Crippen molar-refractivity contribution in [2.45, 2.75) is 51.5 Å². The second-order valence-corrected chi connectivity index (χ2v) is 7.31. The minimum atomic E-state index is -0.126. The number of nitrogens with zero attached hydrogens (tertiary/aromatic N) is 2. The van der Waals surface area contributed by atoms with E-state index in [1.165, 1.54) is 4.90 Å². The van der Waals surface area contributed by atoms with Gasteiger partial charge in [0.2, 0.25) is 17.7 Å². The van der Waals surface area contributed by atoms with Gasteiger partial charge in [-0.3, -0.25) is 19.3 Å². The number of rotatable bonds is 4. The van der Waals surface area contributed by atoms with Crippen LogP contribution in [0, 0.1) is 17.8 Å². The van der Waals surface area contributed by atoms with Gasteiger partial charge in [0.15, 0.2) is 0 Å². The van der Waals surface area contributed by atoms with E-state index in [9.17, 15) is 14.4 Å². The van der Waals surface area contributed by atoms with Gasteiger partial charge in [0.25, 0.3) is 0 Å². The second kappa shape index (κ2) is 6.59. The van der Waals surface area contributed by atoms with E-state index < -0.39 is 0 Å². The number of fused-ring (bicyclic) bond motifs is 1. The minimum absolute atomic E-state index is 0.0314. The Balaban J connectivity index is 1.57. The normalized spacial score (nSPS) is 34.2. The van der Waals surface area contributed by atoms with Crippen molar-refractivity contribution in [2.24, 2.45) is 23.5 Å². The Morgan fingerprint density at radius 1 is 1.17 bits per heavy atom. The van der Waals surface area contributed by atoms with Gasteiger partial charge < -0.3 is 10.6 Å². The lowest BCUT2D eigenvalue weighted by Gasteiger charge is -2.23. The van der Waals surface area contributed by atoms with Gasteiger partial charge in [0.05, 0.1) is 11.8 Å². The fraction of sp³-hybridized carbons (Fsp3) is 0.824. The lowest BCUT2D eigenvalue weighted by atomic mass is 9.81. The predicted octanol–water partition coefficient (Wildman–Crippen LogP) is 0.747. The number of nitrogens with two attached hydrogens (primary N) is 1. The fourth-order valence-electron chi connectivity index (χ4n) is 4.46. The van der Waals surface area contributed by atoms with Crippen LogP contribution >= 0.6 is 0 Å². The minimum Gasteiger partial charge on any atom is -0.340 e. The van der Waals surface area contributed by atoms with Crippen LogP contribution in [0.1, 0.15) is 45.4 Å². The number of amides is 3. The summed E-state index contributed by atoms with van der Waals surface area (Å²) in [4.78, 5) is 40.5. The number of imide groups is 1. The molecule has 1 saturated carbocycles. The third-order valence-electron chi connectivity index (χ3n) is 5.80. The van der Waals surface area contributed by atoms with Gasteiger partial charge in [0, 0.05) is 25.6 Å². The molecule has 3 rings (SSSR count). The molecular formula is C17H27N3O3. The number of hydrogen-bond donors (Lipinski definition) is 1. The Morgan fingerprint density at radius 2 is 1.78 bits per heavy atom. The molecule has 3 fully saturated rings. The summed E-state index contributed by atoms with van der Waals surface area (Å²) in [5.74, 6) is 0.0387. The monoisotopic (exact) mass is 321 g/mol. The summed E-state index contributed by atoms with van der Waals surface area (Å²) in [5, 5.41) is 0. The van der Waals surface area contributed by atoms with Crippen LogP contribution in [-0.2, 0) is 14.4 Å². The molecule has 0 bridgehead atoms. The summed E-state index contributed by atoms with van der Waals surface area (Å²) in [6, 6.07) is 0.198. The van der Waals surface area contributed by atoms with Crippen molar-refractivity contribution in [2.75, 3.05) is 19.6 Å². The third kappa shape index (κ3) is 3.01. The van der Waals surface area contributed by atoms with Gasteiger partial charge in [-0.05, 0) is 38.6 Å². The maximum absolute atomic E-state index is 12.4. The molecule has 4 unspecified atom stereocenters. The molecule has 3 aliphatic rings. The highest BCUT2D eigenvalue weighted by Crippen LogP contribution is 2.38. The van der Waals surface area contributed by atoms with E-state index in [1.54, 1.807) is 0 Å². The third-order valence-corrected chi connectivity index (χ3v) is 5.80. The number of likely N-dealkylation sites (tertiary alicyclic amines) is 2. The lowest BCUT2D eigenvalue weighted by molar-refractivity contribution is -0.141. The van der Waals surface area contributed by atoms with Crippen LogP contribution < -0.4 is 5.73 Å². The van der Waals surface area contributed by atoms with Gasteiger partial charge in [-0.2, -0.15) is 0 Å². The molecule has 6 heteroatoms. The molecule has 3 amide bonds. The van der Waals surface area contributed by atoms with Crippen molar-refractivity contribution in [3.63, 3.8) is 0 Å². The Kier molecular flexibility index (Phi) is 4.71. The number of carbonyl (C=O) groups is 3. The maximum atomic E-state index is 12.4. The van der Waals surface area contributed by atoms with Crippen LogP contribution in [0.3, 0.4) is 0 Å². The molecule has 0 aromatic carbocycles. The molecule has 0 aromatic rings. The SMILES string of the molecule is CC1CC(CN)CN1C(=O)CCN1C(=O)C2CCCCC2C1=O. The number of carbonyl (C=O) groups excluding carboxylic acids is 3. The van der Waals surface area contributed by atoms with E-state index in [4.69, 9.17) is 5.73 Å². The highest BCUT2D eigenvalue weighted by Gasteiger charge is 2.48. The summed E-state index contributed by atoms with van der Waals surface area (Å²) >= 11 is 0. The summed E-state index contributed by atoms with van der Waals surface area (Å²) in [7, 11) is 0. The molecule has 2 aliphatic heterocycles. The maximum Gasteiger partial charge on any atom is 0.233 e. The Labute approximate surface area is 137 Å². The average molecular weight is 321 g/mol. The van der Waals surface area contributed by atoms with Crippen LogP contribution in [0.25, 0.3) is 0 Å². The van der Waals surface area contributed by atoms with Crippen molar-refractivity contribution in [1.82, 2.24) is 9.80 Å². The highest BCUT2D eigenvalue weighted by molar-refractivity contribution is 6.05. The topological polar surface area (TPSA) is 83.7 Å². The summed E-state index contributed by atoms with van der Waals surface area (Å²) < 4.78 is 0. The van der Waals surface area contributed by atoms with E-state index in [0.29, 0.717) is 19.0 Å². The molecular weight excluding hydrogens is 294 g/mol. The van der Waals surface area contributed by atoms with Crippen molar-refractivity contribution in [1.29, 1.82) is 0 Å². The van der Waals surface area contributed by atoms with Crippen LogP contribution in [0.2, 0.25) is 0 Å². The number of hydrogen-bond acceptors (Lipinski definition) is 4. The van der Waals surface area contributed by atoms with Crippen molar-refractivity contribution in [3.8, 4) is 0 Å². The highest BCUT2D eigenvalue weighted by atomic mass is 16.2. The first kappa shape index (κ1) is 16.4. The second-order valence-electron chi connectivity index (χ2n) is 7.31. The van der Waals surface area contributed by atoms with Gasteiger partial charge in [0.1, 0.15) is 0 Å². The molecule has 0 aromatic heterocycles. The van der Waals surface area contributed by atoms with Gasteiger partial charge in [-0.15, -0.1) is 0 Å². The zero-order valence-electron chi connectivity index (χ0n) is 13.9. The van der Waals surface area contributed by atoms with Crippen LogP contribution in [0.5, 0.6) is 0 Å². The van der Waals surface area contributed by atoms with Crippen LogP contribution in [0.4, 0.5) is 0 Å². The van der Waals surface area contributed by atoms with Gasteiger partial charge in [-0.1, -0.05) is 12.8 Å². The molecule has 2 saturated heterocycles.